The molecule has 0 N–H and O–H groups in total. The van der Waals surface area contributed by atoms with Gasteiger partial charge in [0.25, 0.3) is 0 Å². The summed E-state index contributed by atoms with van der Waals surface area (Å²) in [4.78, 5) is 4.63. The molecule has 3 heterocycles. The predicted molar refractivity (Wildman–Crippen MR) is 62.5 cm³/mol. The van der Waals surface area contributed by atoms with Crippen molar-refractivity contribution in [3.05, 3.63) is 27.7 Å². The molecule has 1 aliphatic rings. The summed E-state index contributed by atoms with van der Waals surface area (Å²) in [6.45, 7) is 4.02. The number of fused-ring (bicyclic) bond motifs is 2. The Labute approximate surface area is 96.8 Å². The molecule has 0 aliphatic carbocycles. The molecule has 78 valence electrons. The molecule has 2 aromatic rings. The van der Waals surface area contributed by atoms with Gasteiger partial charge in [-0.1, -0.05) is 11.6 Å². The third-order valence-corrected chi connectivity index (χ3v) is 4.20. The van der Waals surface area contributed by atoms with E-state index < -0.39 is 0 Å². The first kappa shape index (κ1) is 9.48. The SMILES string of the molecule is Cc1nn2c(Cl)c3c(nc2c1C)CSC3. The van der Waals surface area contributed by atoms with Crippen molar-refractivity contribution in [2.45, 2.75) is 25.4 Å². The Bertz CT molecular complexity index is 562. The third-order valence-electron chi connectivity index (χ3n) is 2.84. The second-order valence-corrected chi connectivity index (χ2v) is 5.11. The molecule has 0 spiro atoms. The molecule has 0 atom stereocenters. The fourth-order valence-electron chi connectivity index (χ4n) is 1.82. The Hall–Kier alpha value is -0.740. The van der Waals surface area contributed by atoms with Gasteiger partial charge in [0.1, 0.15) is 5.15 Å². The number of thioether (sulfide) groups is 1. The second kappa shape index (κ2) is 3.12. The number of halogens is 1. The fourth-order valence-corrected chi connectivity index (χ4v) is 3.23. The van der Waals surface area contributed by atoms with Crippen molar-refractivity contribution < 1.29 is 0 Å². The lowest BCUT2D eigenvalue weighted by atomic mass is 10.2. The lowest BCUT2D eigenvalue weighted by molar-refractivity contribution is 0.899. The Morgan fingerprint density at radius 3 is 2.93 bits per heavy atom. The summed E-state index contributed by atoms with van der Waals surface area (Å²) in [5, 5.41) is 5.14. The number of nitrogens with zero attached hydrogens (tertiary/aromatic N) is 3. The lowest BCUT2D eigenvalue weighted by Gasteiger charge is -2.03. The Balaban J connectivity index is 2.45. The van der Waals surface area contributed by atoms with Crippen molar-refractivity contribution >= 4 is 29.0 Å². The second-order valence-electron chi connectivity index (χ2n) is 3.77. The van der Waals surface area contributed by atoms with E-state index in [1.54, 1.807) is 4.52 Å². The van der Waals surface area contributed by atoms with E-state index in [1.807, 2.05) is 25.6 Å². The number of aryl methyl sites for hydroxylation is 2. The van der Waals surface area contributed by atoms with Gasteiger partial charge in [0.15, 0.2) is 5.65 Å². The average Bonchev–Trinajstić information content (AvgIpc) is 2.77. The third kappa shape index (κ3) is 1.21. The molecule has 0 unspecified atom stereocenters. The van der Waals surface area contributed by atoms with Crippen LogP contribution in [0.15, 0.2) is 0 Å². The molecule has 5 heteroatoms. The minimum absolute atomic E-state index is 0.733. The van der Waals surface area contributed by atoms with Gasteiger partial charge in [0.2, 0.25) is 0 Å². The van der Waals surface area contributed by atoms with Crippen molar-refractivity contribution in [1.29, 1.82) is 0 Å². The highest BCUT2D eigenvalue weighted by atomic mass is 35.5. The number of hydrogen-bond acceptors (Lipinski definition) is 3. The summed E-state index contributed by atoms with van der Waals surface area (Å²) in [6.07, 6.45) is 0. The molecule has 0 radical (unpaired) electrons. The van der Waals surface area contributed by atoms with Crippen molar-refractivity contribution in [2.75, 3.05) is 0 Å². The van der Waals surface area contributed by atoms with Crippen LogP contribution in [0, 0.1) is 13.8 Å². The topological polar surface area (TPSA) is 30.2 Å². The van der Waals surface area contributed by atoms with Crippen LogP contribution in [0.1, 0.15) is 22.5 Å². The van der Waals surface area contributed by atoms with Crippen LogP contribution in [0.25, 0.3) is 5.65 Å². The highest BCUT2D eigenvalue weighted by molar-refractivity contribution is 7.98. The van der Waals surface area contributed by atoms with Crippen LogP contribution in [0.4, 0.5) is 0 Å². The van der Waals surface area contributed by atoms with Crippen molar-refractivity contribution in [3.63, 3.8) is 0 Å². The van der Waals surface area contributed by atoms with Crippen LogP contribution in [0.2, 0.25) is 5.15 Å². The molecule has 15 heavy (non-hydrogen) atoms. The molecule has 3 rings (SSSR count). The van der Waals surface area contributed by atoms with Crippen LogP contribution in [-0.2, 0) is 11.5 Å². The van der Waals surface area contributed by atoms with Crippen LogP contribution in [0.5, 0.6) is 0 Å². The minimum atomic E-state index is 0.733. The summed E-state index contributed by atoms with van der Waals surface area (Å²) < 4.78 is 1.76. The van der Waals surface area contributed by atoms with E-state index in [0.717, 1.165) is 44.8 Å². The van der Waals surface area contributed by atoms with E-state index >= 15 is 0 Å². The highest BCUT2D eigenvalue weighted by Gasteiger charge is 2.21. The van der Waals surface area contributed by atoms with Crippen LogP contribution in [0.3, 0.4) is 0 Å². The molecule has 2 aromatic heterocycles. The maximum atomic E-state index is 6.32. The lowest BCUT2D eigenvalue weighted by Crippen LogP contribution is -1.99. The van der Waals surface area contributed by atoms with Crippen LogP contribution >= 0.6 is 23.4 Å². The largest absolute Gasteiger partial charge is 0.232 e. The standard InChI is InChI=1S/C10H10ClN3S/c1-5-6(2)13-14-9(11)7-3-15-4-8(7)12-10(5)14/h3-4H2,1-2H3. The molecule has 0 amide bonds. The normalized spacial score (nSPS) is 14.9. The molecule has 3 nitrogen and oxygen atoms in total. The smallest absolute Gasteiger partial charge is 0.160 e. The van der Waals surface area contributed by atoms with Gasteiger partial charge in [-0.25, -0.2) is 9.50 Å². The molecular weight excluding hydrogens is 230 g/mol. The quantitative estimate of drug-likeness (QED) is 0.663. The molecule has 1 aliphatic heterocycles. The van der Waals surface area contributed by atoms with E-state index in [0.29, 0.717) is 0 Å². The monoisotopic (exact) mass is 239 g/mol. The van der Waals surface area contributed by atoms with Crippen molar-refractivity contribution in [2.24, 2.45) is 0 Å². The molecular formula is C10H10ClN3S. The van der Waals surface area contributed by atoms with E-state index in [9.17, 15) is 0 Å². The Morgan fingerprint density at radius 1 is 1.33 bits per heavy atom. The summed E-state index contributed by atoms with van der Waals surface area (Å²) in [7, 11) is 0. The first-order valence-corrected chi connectivity index (χ1v) is 6.32. The van der Waals surface area contributed by atoms with Gasteiger partial charge < -0.3 is 0 Å². The summed E-state index contributed by atoms with van der Waals surface area (Å²) in [5.41, 5.74) is 5.30. The average molecular weight is 240 g/mol. The fraction of sp³-hybridized carbons (Fsp3) is 0.400. The summed E-state index contributed by atoms with van der Waals surface area (Å²) >= 11 is 8.17. The van der Waals surface area contributed by atoms with Gasteiger partial charge in [-0.2, -0.15) is 16.9 Å². The minimum Gasteiger partial charge on any atom is -0.232 e. The number of rotatable bonds is 0. The van der Waals surface area contributed by atoms with Gasteiger partial charge in [-0.05, 0) is 13.8 Å². The molecule has 0 fully saturated rings. The zero-order chi connectivity index (χ0) is 10.6. The van der Waals surface area contributed by atoms with Gasteiger partial charge >= 0.3 is 0 Å². The Kier molecular flexibility index (Phi) is 1.97. The van der Waals surface area contributed by atoms with Gasteiger partial charge in [0.05, 0.1) is 11.4 Å². The Morgan fingerprint density at radius 2 is 2.13 bits per heavy atom. The first-order valence-electron chi connectivity index (χ1n) is 4.79. The van der Waals surface area contributed by atoms with E-state index in [2.05, 4.69) is 10.1 Å². The van der Waals surface area contributed by atoms with E-state index in [4.69, 9.17) is 11.6 Å². The summed E-state index contributed by atoms with van der Waals surface area (Å²) in [5.74, 6) is 1.92. The maximum Gasteiger partial charge on any atom is 0.160 e. The highest BCUT2D eigenvalue weighted by Crippen LogP contribution is 2.34. The van der Waals surface area contributed by atoms with Crippen molar-refractivity contribution in [3.8, 4) is 0 Å². The van der Waals surface area contributed by atoms with E-state index in [1.165, 1.54) is 0 Å². The first-order chi connectivity index (χ1) is 7.18. The molecule has 0 saturated carbocycles. The predicted octanol–water partition coefficient (Wildman–Crippen LogP) is 2.75. The maximum absolute atomic E-state index is 6.32. The molecule has 0 saturated heterocycles. The zero-order valence-corrected chi connectivity index (χ0v) is 10.1. The van der Waals surface area contributed by atoms with Crippen LogP contribution in [-0.4, -0.2) is 14.6 Å². The number of aromatic nitrogens is 3. The van der Waals surface area contributed by atoms with Crippen molar-refractivity contribution in [1.82, 2.24) is 14.6 Å². The van der Waals surface area contributed by atoms with Gasteiger partial charge in [-0.3, -0.25) is 0 Å². The number of hydrogen-bond donors (Lipinski definition) is 0. The zero-order valence-electron chi connectivity index (χ0n) is 8.54. The van der Waals surface area contributed by atoms with Gasteiger partial charge in [0, 0.05) is 22.6 Å². The summed E-state index contributed by atoms with van der Waals surface area (Å²) in [6, 6.07) is 0. The molecule has 0 aromatic carbocycles. The molecule has 0 bridgehead atoms. The van der Waals surface area contributed by atoms with E-state index in [-0.39, 0.29) is 0 Å². The van der Waals surface area contributed by atoms with Gasteiger partial charge in [-0.15, -0.1) is 0 Å². The van der Waals surface area contributed by atoms with Crippen LogP contribution < -0.4 is 0 Å².